The predicted molar refractivity (Wildman–Crippen MR) is 84.7 cm³/mol. The lowest BCUT2D eigenvalue weighted by Gasteiger charge is -2.17. The van der Waals surface area contributed by atoms with Gasteiger partial charge in [0.15, 0.2) is 0 Å². The lowest BCUT2D eigenvalue weighted by molar-refractivity contribution is -0.116. The molecule has 0 radical (unpaired) electrons. The zero-order valence-electron chi connectivity index (χ0n) is 13.0. The van der Waals surface area contributed by atoms with Crippen molar-refractivity contribution in [1.29, 1.82) is 0 Å². The molecule has 0 saturated heterocycles. The number of halogens is 1. The summed E-state index contributed by atoms with van der Waals surface area (Å²) in [7, 11) is 6.05. The summed E-state index contributed by atoms with van der Waals surface area (Å²) in [6.45, 7) is 2.59. The van der Waals surface area contributed by atoms with Gasteiger partial charge in [0.2, 0.25) is 5.91 Å². The molecule has 3 N–H and O–H groups in total. The van der Waals surface area contributed by atoms with E-state index in [0.717, 1.165) is 19.5 Å². The van der Waals surface area contributed by atoms with Gasteiger partial charge in [-0.25, -0.2) is 4.39 Å². The van der Waals surface area contributed by atoms with Crippen molar-refractivity contribution in [2.75, 3.05) is 51.8 Å². The molecule has 118 valence electrons. The van der Waals surface area contributed by atoms with Gasteiger partial charge in [0.25, 0.3) is 0 Å². The van der Waals surface area contributed by atoms with Crippen LogP contribution in [0.4, 0.5) is 15.8 Å². The number of carbonyl (C=O) groups excluding carboxylic acids is 1. The molecule has 0 bridgehead atoms. The third kappa shape index (κ3) is 7.06. The second-order valence-electron chi connectivity index (χ2n) is 5.50. The highest BCUT2D eigenvalue weighted by Crippen LogP contribution is 2.17. The van der Waals surface area contributed by atoms with Crippen molar-refractivity contribution < 1.29 is 9.18 Å². The molecule has 6 heteroatoms. The van der Waals surface area contributed by atoms with Crippen LogP contribution in [0.25, 0.3) is 0 Å². The summed E-state index contributed by atoms with van der Waals surface area (Å²) in [6, 6.07) is 4.13. The Bertz CT molecular complexity index is 465. The van der Waals surface area contributed by atoms with E-state index >= 15 is 0 Å². The van der Waals surface area contributed by atoms with Crippen LogP contribution >= 0.6 is 0 Å². The molecule has 21 heavy (non-hydrogen) atoms. The van der Waals surface area contributed by atoms with Crippen LogP contribution in [0.5, 0.6) is 0 Å². The predicted octanol–water partition coefficient (Wildman–Crippen LogP) is 1.62. The molecule has 1 rings (SSSR count). The fourth-order valence-electron chi connectivity index (χ4n) is 1.91. The number of hydrogen-bond acceptors (Lipinski definition) is 4. The maximum atomic E-state index is 13.5. The van der Waals surface area contributed by atoms with Crippen LogP contribution < -0.4 is 11.1 Å². The fourth-order valence-corrected chi connectivity index (χ4v) is 1.91. The monoisotopic (exact) mass is 296 g/mol. The van der Waals surface area contributed by atoms with E-state index in [1.165, 1.54) is 18.2 Å². The van der Waals surface area contributed by atoms with Gasteiger partial charge in [0.05, 0.1) is 5.69 Å². The summed E-state index contributed by atoms with van der Waals surface area (Å²) in [5.41, 5.74) is 6.13. The van der Waals surface area contributed by atoms with E-state index in [1.807, 2.05) is 21.1 Å². The molecular weight excluding hydrogens is 271 g/mol. The first kappa shape index (κ1) is 17.4. The van der Waals surface area contributed by atoms with Gasteiger partial charge in [-0.1, -0.05) is 0 Å². The van der Waals surface area contributed by atoms with E-state index in [0.29, 0.717) is 18.7 Å². The lowest BCUT2D eigenvalue weighted by Crippen LogP contribution is -2.27. The van der Waals surface area contributed by atoms with Crippen LogP contribution in [0.3, 0.4) is 0 Å². The SMILES string of the molecule is CN(C)CCCN(C)CCC(=O)Nc1cc(N)ccc1F. The average Bonchev–Trinajstić information content (AvgIpc) is 2.40. The van der Waals surface area contributed by atoms with E-state index in [2.05, 4.69) is 15.1 Å². The largest absolute Gasteiger partial charge is 0.399 e. The van der Waals surface area contributed by atoms with E-state index in [-0.39, 0.29) is 11.6 Å². The van der Waals surface area contributed by atoms with E-state index in [1.54, 1.807) is 0 Å². The maximum absolute atomic E-state index is 13.5. The van der Waals surface area contributed by atoms with Crippen LogP contribution in [-0.2, 0) is 4.79 Å². The van der Waals surface area contributed by atoms with E-state index in [4.69, 9.17) is 5.73 Å². The molecule has 0 spiro atoms. The van der Waals surface area contributed by atoms with Crippen molar-refractivity contribution in [3.63, 3.8) is 0 Å². The number of nitrogens with one attached hydrogen (secondary N) is 1. The molecule has 1 aromatic rings. The molecule has 0 fully saturated rings. The van der Waals surface area contributed by atoms with Crippen LogP contribution in [0.2, 0.25) is 0 Å². The third-order valence-corrected chi connectivity index (χ3v) is 3.13. The number of anilines is 2. The number of nitrogen functional groups attached to an aromatic ring is 1. The Hall–Kier alpha value is -1.66. The summed E-state index contributed by atoms with van der Waals surface area (Å²) < 4.78 is 13.5. The average molecular weight is 296 g/mol. The molecule has 0 aromatic heterocycles. The molecule has 0 unspecified atom stereocenters. The van der Waals surface area contributed by atoms with Crippen molar-refractivity contribution >= 4 is 17.3 Å². The first-order valence-electron chi connectivity index (χ1n) is 7.06. The normalized spacial score (nSPS) is 11.1. The van der Waals surface area contributed by atoms with Crippen molar-refractivity contribution in [2.45, 2.75) is 12.8 Å². The molecule has 0 aliphatic carbocycles. The van der Waals surface area contributed by atoms with E-state index < -0.39 is 5.82 Å². The summed E-state index contributed by atoms with van der Waals surface area (Å²) in [6.07, 6.45) is 1.38. The minimum Gasteiger partial charge on any atom is -0.399 e. The van der Waals surface area contributed by atoms with Crippen molar-refractivity contribution in [2.24, 2.45) is 0 Å². The first-order valence-corrected chi connectivity index (χ1v) is 7.06. The van der Waals surface area contributed by atoms with Crippen LogP contribution in [0.15, 0.2) is 18.2 Å². The summed E-state index contributed by atoms with van der Waals surface area (Å²) in [5.74, 6) is -0.684. The Labute approximate surface area is 125 Å². The second-order valence-corrected chi connectivity index (χ2v) is 5.50. The molecule has 1 aromatic carbocycles. The Morgan fingerprint density at radius 3 is 2.62 bits per heavy atom. The highest BCUT2D eigenvalue weighted by atomic mass is 19.1. The Balaban J connectivity index is 2.32. The lowest BCUT2D eigenvalue weighted by atomic mass is 10.2. The van der Waals surface area contributed by atoms with Crippen molar-refractivity contribution in [3.05, 3.63) is 24.0 Å². The number of hydrogen-bond donors (Lipinski definition) is 2. The fraction of sp³-hybridized carbons (Fsp3) is 0.533. The quantitative estimate of drug-likeness (QED) is 0.716. The molecule has 1 amide bonds. The van der Waals surface area contributed by atoms with Crippen molar-refractivity contribution in [3.8, 4) is 0 Å². The molecule has 0 atom stereocenters. The number of nitrogens with zero attached hydrogens (tertiary/aromatic N) is 2. The summed E-state index contributed by atoms with van der Waals surface area (Å²) >= 11 is 0. The Morgan fingerprint density at radius 1 is 1.24 bits per heavy atom. The highest BCUT2D eigenvalue weighted by molar-refractivity contribution is 5.91. The topological polar surface area (TPSA) is 61.6 Å². The summed E-state index contributed by atoms with van der Waals surface area (Å²) in [5, 5.41) is 2.55. The van der Waals surface area contributed by atoms with Gasteiger partial charge in [-0.15, -0.1) is 0 Å². The minimum absolute atomic E-state index is 0.135. The van der Waals surface area contributed by atoms with Gasteiger partial charge in [0.1, 0.15) is 5.82 Å². The molecule has 0 saturated carbocycles. The summed E-state index contributed by atoms with van der Waals surface area (Å²) in [4.78, 5) is 16.0. The standard InChI is InChI=1S/C15H25FN4O/c1-19(2)8-4-9-20(3)10-7-15(21)18-14-11-12(17)5-6-13(14)16/h5-6,11H,4,7-10,17H2,1-3H3,(H,18,21). The zero-order valence-corrected chi connectivity index (χ0v) is 13.0. The molecule has 0 heterocycles. The van der Waals surface area contributed by atoms with Gasteiger partial charge < -0.3 is 20.9 Å². The molecule has 0 aliphatic heterocycles. The Kier molecular flexibility index (Phi) is 7.11. The van der Waals surface area contributed by atoms with Crippen LogP contribution in [0.1, 0.15) is 12.8 Å². The van der Waals surface area contributed by atoms with Gasteiger partial charge >= 0.3 is 0 Å². The highest BCUT2D eigenvalue weighted by Gasteiger charge is 2.08. The molecular formula is C15H25FN4O. The van der Waals surface area contributed by atoms with Gasteiger partial charge in [-0.2, -0.15) is 0 Å². The third-order valence-electron chi connectivity index (χ3n) is 3.13. The molecule has 5 nitrogen and oxygen atoms in total. The van der Waals surface area contributed by atoms with E-state index in [9.17, 15) is 9.18 Å². The number of carbonyl (C=O) groups is 1. The Morgan fingerprint density at radius 2 is 1.95 bits per heavy atom. The number of benzene rings is 1. The van der Waals surface area contributed by atoms with Gasteiger partial charge in [-0.05, 0) is 58.9 Å². The number of rotatable bonds is 8. The molecule has 0 aliphatic rings. The zero-order chi connectivity index (χ0) is 15.8. The smallest absolute Gasteiger partial charge is 0.225 e. The van der Waals surface area contributed by atoms with Gasteiger partial charge in [-0.3, -0.25) is 4.79 Å². The van der Waals surface area contributed by atoms with Crippen molar-refractivity contribution in [1.82, 2.24) is 9.80 Å². The van der Waals surface area contributed by atoms with Gasteiger partial charge in [0, 0.05) is 18.7 Å². The number of nitrogens with two attached hydrogens (primary N) is 1. The maximum Gasteiger partial charge on any atom is 0.225 e. The van der Waals surface area contributed by atoms with Crippen LogP contribution in [0, 0.1) is 5.82 Å². The number of amides is 1. The van der Waals surface area contributed by atoms with Crippen LogP contribution in [-0.4, -0.2) is 56.5 Å². The first-order chi connectivity index (χ1) is 9.88. The second kappa shape index (κ2) is 8.59. The minimum atomic E-state index is -0.475.